The summed E-state index contributed by atoms with van der Waals surface area (Å²) in [5.41, 5.74) is 4.27. The van der Waals surface area contributed by atoms with Crippen LogP contribution in [0.2, 0.25) is 0 Å². The molecule has 3 aromatic rings. The second-order valence-electron chi connectivity index (χ2n) is 7.10. The van der Waals surface area contributed by atoms with E-state index in [0.29, 0.717) is 11.3 Å². The molecule has 148 valence electrons. The molecule has 0 heterocycles. The summed E-state index contributed by atoms with van der Waals surface area (Å²) < 4.78 is 27.3. The smallest absolute Gasteiger partial charge is 0.261 e. The predicted molar refractivity (Wildman–Crippen MR) is 115 cm³/mol. The van der Waals surface area contributed by atoms with E-state index in [1.165, 1.54) is 29.7 Å². The van der Waals surface area contributed by atoms with E-state index in [1.807, 2.05) is 12.1 Å². The van der Waals surface area contributed by atoms with E-state index in [4.69, 9.17) is 0 Å². The number of sulfonamides is 1. The normalized spacial score (nSPS) is 13.4. The maximum Gasteiger partial charge on any atom is 0.261 e. The van der Waals surface area contributed by atoms with Crippen molar-refractivity contribution in [1.82, 2.24) is 0 Å². The molecule has 1 amide bonds. The number of carbonyl (C=O) groups excluding carboxylic acids is 1. The van der Waals surface area contributed by atoms with E-state index in [0.717, 1.165) is 24.9 Å². The molecule has 0 radical (unpaired) electrons. The minimum Gasteiger partial charge on any atom is -0.322 e. The SMILES string of the molecule is O=C(Nc1cccc2c1CCCC2)c1ccc(NS(=O)(=O)c2ccccc2)cc1. The number of hydrogen-bond donors (Lipinski definition) is 2. The van der Waals surface area contributed by atoms with Gasteiger partial charge < -0.3 is 5.32 Å². The highest BCUT2D eigenvalue weighted by Crippen LogP contribution is 2.28. The number of aryl methyl sites for hydroxylation is 1. The third-order valence-electron chi connectivity index (χ3n) is 5.10. The summed E-state index contributed by atoms with van der Waals surface area (Å²) in [6.45, 7) is 0. The quantitative estimate of drug-likeness (QED) is 0.649. The van der Waals surface area contributed by atoms with Crippen LogP contribution in [0.3, 0.4) is 0 Å². The molecule has 29 heavy (non-hydrogen) atoms. The largest absolute Gasteiger partial charge is 0.322 e. The van der Waals surface area contributed by atoms with Crippen molar-refractivity contribution in [3.63, 3.8) is 0 Å². The van der Waals surface area contributed by atoms with Crippen LogP contribution in [0.1, 0.15) is 34.3 Å². The van der Waals surface area contributed by atoms with Gasteiger partial charge in [0.2, 0.25) is 0 Å². The van der Waals surface area contributed by atoms with Crippen molar-refractivity contribution in [3.05, 3.63) is 89.5 Å². The number of anilines is 2. The highest BCUT2D eigenvalue weighted by atomic mass is 32.2. The van der Waals surface area contributed by atoms with Gasteiger partial charge in [0.15, 0.2) is 0 Å². The Morgan fingerprint density at radius 2 is 1.52 bits per heavy atom. The number of amides is 1. The van der Waals surface area contributed by atoms with Crippen LogP contribution >= 0.6 is 0 Å². The number of rotatable bonds is 5. The Morgan fingerprint density at radius 3 is 2.28 bits per heavy atom. The zero-order valence-electron chi connectivity index (χ0n) is 15.9. The third-order valence-corrected chi connectivity index (χ3v) is 6.49. The van der Waals surface area contributed by atoms with Crippen LogP contribution in [0.15, 0.2) is 77.7 Å². The van der Waals surface area contributed by atoms with Crippen LogP contribution in [-0.4, -0.2) is 14.3 Å². The van der Waals surface area contributed by atoms with Crippen molar-refractivity contribution in [2.45, 2.75) is 30.6 Å². The summed E-state index contributed by atoms with van der Waals surface area (Å²) in [5, 5.41) is 3.00. The van der Waals surface area contributed by atoms with E-state index in [-0.39, 0.29) is 10.8 Å². The van der Waals surface area contributed by atoms with Gasteiger partial charge in [-0.2, -0.15) is 0 Å². The number of carbonyl (C=O) groups is 1. The lowest BCUT2D eigenvalue weighted by Gasteiger charge is -2.19. The molecule has 5 nitrogen and oxygen atoms in total. The van der Waals surface area contributed by atoms with Gasteiger partial charge in [-0.1, -0.05) is 30.3 Å². The summed E-state index contributed by atoms with van der Waals surface area (Å²) in [4.78, 5) is 12.9. The molecule has 2 N–H and O–H groups in total. The zero-order chi connectivity index (χ0) is 20.3. The highest BCUT2D eigenvalue weighted by molar-refractivity contribution is 7.92. The van der Waals surface area contributed by atoms with Crippen molar-refractivity contribution in [2.75, 3.05) is 10.0 Å². The van der Waals surface area contributed by atoms with Crippen molar-refractivity contribution >= 4 is 27.3 Å². The van der Waals surface area contributed by atoms with E-state index < -0.39 is 10.0 Å². The van der Waals surface area contributed by atoms with Crippen molar-refractivity contribution in [2.24, 2.45) is 0 Å². The van der Waals surface area contributed by atoms with Gasteiger partial charge in [0.1, 0.15) is 0 Å². The standard InChI is InChI=1S/C23H22N2O3S/c26-23(24-22-12-6-8-17-7-4-5-11-21(17)22)18-13-15-19(16-14-18)25-29(27,28)20-9-2-1-3-10-20/h1-3,6,8-10,12-16,25H,4-5,7,11H2,(H,24,26). The number of benzene rings is 3. The monoisotopic (exact) mass is 406 g/mol. The van der Waals surface area contributed by atoms with Crippen LogP contribution < -0.4 is 10.0 Å². The van der Waals surface area contributed by atoms with Gasteiger partial charge in [-0.15, -0.1) is 0 Å². The molecule has 3 aromatic carbocycles. The van der Waals surface area contributed by atoms with Crippen LogP contribution in [-0.2, 0) is 22.9 Å². The van der Waals surface area contributed by atoms with Crippen LogP contribution in [0.4, 0.5) is 11.4 Å². The Labute approximate surface area is 170 Å². The molecule has 0 saturated heterocycles. The van der Waals surface area contributed by atoms with Crippen molar-refractivity contribution in [3.8, 4) is 0 Å². The first kappa shape index (κ1) is 19.2. The summed E-state index contributed by atoms with van der Waals surface area (Å²) in [6, 6.07) is 20.6. The summed E-state index contributed by atoms with van der Waals surface area (Å²) in [5.74, 6) is -0.207. The van der Waals surface area contributed by atoms with E-state index in [9.17, 15) is 13.2 Å². The average Bonchev–Trinajstić information content (AvgIpc) is 2.75. The molecule has 0 unspecified atom stereocenters. The Morgan fingerprint density at radius 1 is 0.793 bits per heavy atom. The summed E-state index contributed by atoms with van der Waals surface area (Å²) in [6.07, 6.45) is 4.35. The fraction of sp³-hybridized carbons (Fsp3) is 0.174. The molecule has 0 spiro atoms. The number of fused-ring (bicyclic) bond motifs is 1. The molecule has 6 heteroatoms. The van der Waals surface area contributed by atoms with Crippen molar-refractivity contribution in [1.29, 1.82) is 0 Å². The van der Waals surface area contributed by atoms with E-state index in [2.05, 4.69) is 16.1 Å². The van der Waals surface area contributed by atoms with Gasteiger partial charge in [-0.25, -0.2) is 8.42 Å². The topological polar surface area (TPSA) is 75.3 Å². The van der Waals surface area contributed by atoms with Gasteiger partial charge >= 0.3 is 0 Å². The maximum absolute atomic E-state index is 12.7. The molecule has 0 bridgehead atoms. The Kier molecular flexibility index (Phi) is 5.36. The second kappa shape index (κ2) is 8.09. The van der Waals surface area contributed by atoms with Crippen molar-refractivity contribution < 1.29 is 13.2 Å². The first-order valence-corrected chi connectivity index (χ1v) is 11.1. The fourth-order valence-electron chi connectivity index (χ4n) is 3.60. The van der Waals surface area contributed by atoms with Gasteiger partial charge in [-0.3, -0.25) is 9.52 Å². The third kappa shape index (κ3) is 4.32. The molecule has 4 rings (SSSR count). The molecular formula is C23H22N2O3S. The fourth-order valence-corrected chi connectivity index (χ4v) is 4.68. The Bertz CT molecular complexity index is 1120. The van der Waals surface area contributed by atoms with Gasteiger partial charge in [0.25, 0.3) is 15.9 Å². The average molecular weight is 407 g/mol. The minimum absolute atomic E-state index is 0.190. The molecule has 0 aliphatic heterocycles. The van der Waals surface area contributed by atoms with Gasteiger partial charge in [-0.05, 0) is 79.3 Å². The lowest BCUT2D eigenvalue weighted by Crippen LogP contribution is -2.16. The first-order valence-electron chi connectivity index (χ1n) is 9.63. The molecule has 0 aromatic heterocycles. The lowest BCUT2D eigenvalue weighted by atomic mass is 9.90. The molecule has 1 aliphatic rings. The van der Waals surface area contributed by atoms with Gasteiger partial charge in [0.05, 0.1) is 4.90 Å². The maximum atomic E-state index is 12.7. The molecule has 0 atom stereocenters. The molecular weight excluding hydrogens is 384 g/mol. The van der Waals surface area contributed by atoms with Gasteiger partial charge in [0, 0.05) is 16.9 Å². The lowest BCUT2D eigenvalue weighted by molar-refractivity contribution is 0.102. The van der Waals surface area contributed by atoms with E-state index >= 15 is 0 Å². The molecule has 0 fully saturated rings. The second-order valence-corrected chi connectivity index (χ2v) is 8.78. The van der Waals surface area contributed by atoms with Crippen LogP contribution in [0, 0.1) is 0 Å². The zero-order valence-corrected chi connectivity index (χ0v) is 16.7. The van der Waals surface area contributed by atoms with E-state index in [1.54, 1.807) is 42.5 Å². The summed E-state index contributed by atoms with van der Waals surface area (Å²) in [7, 11) is -3.66. The highest BCUT2D eigenvalue weighted by Gasteiger charge is 2.16. The first-order chi connectivity index (χ1) is 14.0. The number of nitrogens with one attached hydrogen (secondary N) is 2. The van der Waals surface area contributed by atoms with Crippen LogP contribution in [0.5, 0.6) is 0 Å². The Hall–Kier alpha value is -3.12. The summed E-state index contributed by atoms with van der Waals surface area (Å²) >= 11 is 0. The predicted octanol–water partition coefficient (Wildman–Crippen LogP) is 4.62. The number of hydrogen-bond acceptors (Lipinski definition) is 3. The Balaban J connectivity index is 1.48. The van der Waals surface area contributed by atoms with Crippen LogP contribution in [0.25, 0.3) is 0 Å². The molecule has 1 aliphatic carbocycles. The minimum atomic E-state index is -3.66. The molecule has 0 saturated carbocycles.